The summed E-state index contributed by atoms with van der Waals surface area (Å²) < 4.78 is 5.11. The first-order chi connectivity index (χ1) is 13.7. The summed E-state index contributed by atoms with van der Waals surface area (Å²) in [7, 11) is 0. The van der Waals surface area contributed by atoms with Crippen molar-refractivity contribution in [2.75, 3.05) is 6.61 Å². The highest BCUT2D eigenvalue weighted by Crippen LogP contribution is 2.28. The molecule has 28 heavy (non-hydrogen) atoms. The lowest BCUT2D eigenvalue weighted by atomic mass is 10.0. The highest BCUT2D eigenvalue weighted by atomic mass is 16.6. The largest absolute Gasteiger partial charge is 0.446 e. The minimum absolute atomic E-state index is 0.167. The van der Waals surface area contributed by atoms with Crippen LogP contribution in [0.2, 0.25) is 0 Å². The van der Waals surface area contributed by atoms with Gasteiger partial charge in [-0.1, -0.05) is 48.5 Å². The maximum Gasteiger partial charge on any atom is 0.417 e. The summed E-state index contributed by atoms with van der Waals surface area (Å²) in [5.41, 5.74) is 3.81. The maximum absolute atomic E-state index is 12.7. The van der Waals surface area contributed by atoms with Gasteiger partial charge < -0.3 is 4.74 Å². The van der Waals surface area contributed by atoms with Gasteiger partial charge in [-0.3, -0.25) is 9.78 Å². The quantitative estimate of drug-likeness (QED) is 0.635. The van der Waals surface area contributed by atoms with Gasteiger partial charge >= 0.3 is 6.09 Å². The molecule has 1 fully saturated rings. The van der Waals surface area contributed by atoms with Gasteiger partial charge in [0.25, 0.3) is 5.91 Å². The topological polar surface area (TPSA) is 59.5 Å². The Labute approximate surface area is 162 Å². The van der Waals surface area contributed by atoms with Crippen LogP contribution in [0.3, 0.4) is 0 Å². The molecule has 2 heterocycles. The standard InChI is InChI=1S/C23H18N2O3/c26-22(25-21(16-28-23(25)27)19-6-2-1-3-7-19)10-9-17-5-4-8-20(15-17)18-11-13-24-14-12-18/h1-15,21H,16H2. The van der Waals surface area contributed by atoms with E-state index in [1.54, 1.807) is 18.5 Å². The normalized spacial score (nSPS) is 16.4. The fraction of sp³-hybridized carbons (Fsp3) is 0.0870. The number of carbonyl (C=O) groups is 2. The van der Waals surface area contributed by atoms with E-state index in [2.05, 4.69) is 4.98 Å². The number of hydrogen-bond acceptors (Lipinski definition) is 4. The van der Waals surface area contributed by atoms with Crippen LogP contribution in [0, 0.1) is 0 Å². The van der Waals surface area contributed by atoms with Crippen molar-refractivity contribution in [3.63, 3.8) is 0 Å². The van der Waals surface area contributed by atoms with Crippen LogP contribution in [0.25, 0.3) is 17.2 Å². The number of cyclic esters (lactones) is 1. The van der Waals surface area contributed by atoms with Gasteiger partial charge in [0.1, 0.15) is 12.6 Å². The van der Waals surface area contributed by atoms with Crippen molar-refractivity contribution in [2.24, 2.45) is 0 Å². The van der Waals surface area contributed by atoms with Crippen molar-refractivity contribution in [3.05, 3.63) is 96.3 Å². The maximum atomic E-state index is 12.7. The molecule has 2 amide bonds. The molecule has 0 spiro atoms. The molecule has 1 aliphatic heterocycles. The first-order valence-electron chi connectivity index (χ1n) is 8.96. The molecule has 5 heteroatoms. The Morgan fingerprint density at radius 1 is 1.00 bits per heavy atom. The Hall–Kier alpha value is -3.73. The van der Waals surface area contributed by atoms with Crippen LogP contribution in [0.4, 0.5) is 4.79 Å². The smallest absolute Gasteiger partial charge is 0.417 e. The number of rotatable bonds is 4. The predicted octanol–water partition coefficient (Wildman–Crippen LogP) is 4.48. The minimum atomic E-state index is -0.617. The molecule has 0 saturated carbocycles. The first-order valence-corrected chi connectivity index (χ1v) is 8.96. The van der Waals surface area contributed by atoms with Crippen molar-refractivity contribution < 1.29 is 14.3 Å². The van der Waals surface area contributed by atoms with E-state index in [1.807, 2.05) is 66.7 Å². The summed E-state index contributed by atoms with van der Waals surface area (Å²) in [6.07, 6.45) is 5.98. The van der Waals surface area contributed by atoms with E-state index < -0.39 is 18.0 Å². The van der Waals surface area contributed by atoms with Crippen molar-refractivity contribution in [3.8, 4) is 11.1 Å². The summed E-state index contributed by atoms with van der Waals surface area (Å²) in [6.45, 7) is 0.167. The molecule has 138 valence electrons. The fourth-order valence-electron chi connectivity index (χ4n) is 3.20. The average molecular weight is 370 g/mol. The van der Waals surface area contributed by atoms with Crippen LogP contribution in [0.5, 0.6) is 0 Å². The average Bonchev–Trinajstić information content (AvgIpc) is 3.15. The van der Waals surface area contributed by atoms with Gasteiger partial charge in [-0.25, -0.2) is 9.69 Å². The molecule has 0 bridgehead atoms. The molecular formula is C23H18N2O3. The third-order valence-electron chi connectivity index (χ3n) is 4.61. The number of nitrogens with zero attached hydrogens (tertiary/aromatic N) is 2. The number of ether oxygens (including phenoxy) is 1. The zero-order chi connectivity index (χ0) is 19.3. The second-order valence-electron chi connectivity index (χ2n) is 6.41. The van der Waals surface area contributed by atoms with Crippen molar-refractivity contribution in [2.45, 2.75) is 6.04 Å². The van der Waals surface area contributed by atoms with Crippen LogP contribution in [-0.4, -0.2) is 28.5 Å². The molecule has 5 nitrogen and oxygen atoms in total. The van der Waals surface area contributed by atoms with Gasteiger partial charge in [-0.2, -0.15) is 0 Å². The minimum Gasteiger partial charge on any atom is -0.446 e. The van der Waals surface area contributed by atoms with Gasteiger partial charge in [0.05, 0.1) is 0 Å². The lowest BCUT2D eigenvalue weighted by Gasteiger charge is -2.18. The number of pyridine rings is 1. The highest BCUT2D eigenvalue weighted by molar-refractivity contribution is 6.02. The SMILES string of the molecule is O=C(C=Cc1cccc(-c2ccncc2)c1)N1C(=O)OCC1c1ccccc1. The van der Waals surface area contributed by atoms with Crippen LogP contribution >= 0.6 is 0 Å². The van der Waals surface area contributed by atoms with Crippen LogP contribution in [0.15, 0.2) is 85.2 Å². The molecule has 3 aromatic rings. The Kier molecular flexibility index (Phi) is 4.97. The third kappa shape index (κ3) is 3.69. The van der Waals surface area contributed by atoms with Crippen LogP contribution < -0.4 is 0 Å². The van der Waals surface area contributed by atoms with Gasteiger partial charge in [0.2, 0.25) is 0 Å². The van der Waals surface area contributed by atoms with E-state index in [1.165, 1.54) is 11.0 Å². The number of benzene rings is 2. The molecule has 1 atom stereocenters. The zero-order valence-electron chi connectivity index (χ0n) is 15.1. The number of amides is 2. The number of aromatic nitrogens is 1. The summed E-state index contributed by atoms with van der Waals surface area (Å²) in [5.74, 6) is -0.398. The Morgan fingerprint density at radius 3 is 2.57 bits per heavy atom. The van der Waals surface area contributed by atoms with Gasteiger partial charge in [0.15, 0.2) is 0 Å². The Bertz CT molecular complexity index is 1020. The summed E-state index contributed by atoms with van der Waals surface area (Å²) in [6, 6.07) is 20.7. The molecule has 2 aromatic carbocycles. The number of imide groups is 1. The van der Waals surface area contributed by atoms with Crippen molar-refractivity contribution in [1.29, 1.82) is 0 Å². The second-order valence-corrected chi connectivity index (χ2v) is 6.41. The zero-order valence-corrected chi connectivity index (χ0v) is 15.1. The Balaban J connectivity index is 1.54. The van der Waals surface area contributed by atoms with E-state index in [4.69, 9.17) is 4.74 Å². The lowest BCUT2D eigenvalue weighted by molar-refractivity contribution is -0.124. The lowest BCUT2D eigenvalue weighted by Crippen LogP contribution is -2.32. The van der Waals surface area contributed by atoms with Gasteiger partial charge in [-0.15, -0.1) is 0 Å². The highest BCUT2D eigenvalue weighted by Gasteiger charge is 2.37. The molecule has 0 radical (unpaired) electrons. The predicted molar refractivity (Wildman–Crippen MR) is 106 cm³/mol. The molecule has 1 unspecified atom stereocenters. The Morgan fingerprint density at radius 2 is 1.79 bits per heavy atom. The monoisotopic (exact) mass is 370 g/mol. The van der Waals surface area contributed by atoms with Crippen LogP contribution in [0.1, 0.15) is 17.2 Å². The first kappa shape index (κ1) is 17.7. The molecule has 0 N–H and O–H groups in total. The summed E-state index contributed by atoms with van der Waals surface area (Å²) in [5, 5.41) is 0. The molecule has 1 saturated heterocycles. The summed E-state index contributed by atoms with van der Waals surface area (Å²) in [4.78, 5) is 30.0. The number of carbonyl (C=O) groups excluding carboxylic acids is 2. The number of hydrogen-bond donors (Lipinski definition) is 0. The van der Waals surface area contributed by atoms with E-state index in [0.717, 1.165) is 22.3 Å². The molecule has 0 aliphatic carbocycles. The second kappa shape index (κ2) is 7.88. The fourth-order valence-corrected chi connectivity index (χ4v) is 3.20. The van der Waals surface area contributed by atoms with Gasteiger partial charge in [0, 0.05) is 18.5 Å². The van der Waals surface area contributed by atoms with E-state index in [9.17, 15) is 9.59 Å². The van der Waals surface area contributed by atoms with E-state index in [-0.39, 0.29) is 6.61 Å². The molecule has 4 rings (SSSR count). The van der Waals surface area contributed by atoms with E-state index >= 15 is 0 Å². The molecule has 1 aromatic heterocycles. The van der Waals surface area contributed by atoms with Crippen molar-refractivity contribution >= 4 is 18.1 Å². The third-order valence-corrected chi connectivity index (χ3v) is 4.61. The van der Waals surface area contributed by atoms with Crippen LogP contribution in [-0.2, 0) is 9.53 Å². The summed E-state index contributed by atoms with van der Waals surface area (Å²) >= 11 is 0. The van der Waals surface area contributed by atoms with Gasteiger partial charge in [-0.05, 0) is 46.5 Å². The van der Waals surface area contributed by atoms with Crippen molar-refractivity contribution in [1.82, 2.24) is 9.88 Å². The molecular weight excluding hydrogens is 352 g/mol. The molecule has 1 aliphatic rings. The van der Waals surface area contributed by atoms with E-state index in [0.29, 0.717) is 0 Å².